The molecule has 1 aliphatic heterocycles. The van der Waals surface area contributed by atoms with Gasteiger partial charge in [-0.2, -0.15) is 0 Å². The summed E-state index contributed by atoms with van der Waals surface area (Å²) in [6.45, 7) is 9.18. The predicted molar refractivity (Wildman–Crippen MR) is 172 cm³/mol. The van der Waals surface area contributed by atoms with E-state index in [0.29, 0.717) is 24.2 Å². The third kappa shape index (κ3) is 10.2. The number of hydrogen-bond acceptors (Lipinski definition) is 12. The molecule has 1 saturated heterocycles. The van der Waals surface area contributed by atoms with E-state index in [1.807, 2.05) is 13.8 Å². The van der Waals surface area contributed by atoms with Crippen LogP contribution in [0.15, 0.2) is 46.1 Å². The lowest BCUT2D eigenvalue weighted by Gasteiger charge is -2.31. The summed E-state index contributed by atoms with van der Waals surface area (Å²) >= 11 is 0. The third-order valence-corrected chi connectivity index (χ3v) is 7.56. The summed E-state index contributed by atoms with van der Waals surface area (Å²) in [6.07, 6.45) is -6.18. The number of amides is 1. The molecule has 0 bridgehead atoms. The van der Waals surface area contributed by atoms with Gasteiger partial charge in [-0.1, -0.05) is 26.0 Å². The lowest BCUT2D eigenvalue weighted by molar-refractivity contribution is -0.166. The van der Waals surface area contributed by atoms with Crippen LogP contribution in [0, 0.1) is 5.92 Å². The second-order valence-corrected chi connectivity index (χ2v) is 13.1. The second-order valence-electron chi connectivity index (χ2n) is 13.1. The lowest BCUT2D eigenvalue weighted by Crippen LogP contribution is -2.56. The maximum absolute atomic E-state index is 13.4. The molecule has 1 unspecified atom stereocenters. The van der Waals surface area contributed by atoms with Gasteiger partial charge in [0.15, 0.2) is 6.23 Å². The second kappa shape index (κ2) is 16.5. The Morgan fingerprint density at radius 2 is 1.72 bits per heavy atom. The Labute approximate surface area is 273 Å². The van der Waals surface area contributed by atoms with Crippen molar-refractivity contribution in [3.63, 3.8) is 0 Å². The van der Waals surface area contributed by atoms with Crippen LogP contribution in [0.25, 0.3) is 0 Å². The summed E-state index contributed by atoms with van der Waals surface area (Å²) in [5, 5.41) is 38.9. The number of carbonyl (C=O) groups excluding carboxylic acids is 2. The highest BCUT2D eigenvalue weighted by atomic mass is 16.6. The standard InChI is InChI=1S/C32H49N5O10/c1-18(2)16-21(33)28(42)35-14-7-13-34-23(30(43)47-32(3,4)5)24(39)27-25(40)26(41)29(46-27)36-15-12-22(38)37(31(36)44)17-19-8-10-20(45-6)11-9-19/h8-12,15,18,21,23-27,29,34,39-41H,7,13-14,16-17,33H2,1-6H3,(H,35,42)/t21-,23+,24-,25+,26-,27?,29-/m1/s1. The molecule has 15 nitrogen and oxygen atoms in total. The molecule has 0 saturated carbocycles. The van der Waals surface area contributed by atoms with Crippen molar-refractivity contribution in [2.45, 2.75) is 102 Å². The summed E-state index contributed by atoms with van der Waals surface area (Å²) in [7, 11) is 1.51. The zero-order chi connectivity index (χ0) is 35.1. The SMILES string of the molecule is COc1ccc(Cn2c(=O)ccn([C@@H]3OC([C@H](O)[C@H](NCCCNC(=O)[C@H](N)CC(C)C)C(=O)OC(C)(C)C)[C@@H](O)[C@H]3O)c2=O)cc1. The molecule has 1 aromatic heterocycles. The first kappa shape index (κ1) is 37.9. The van der Waals surface area contributed by atoms with Gasteiger partial charge in [0.05, 0.1) is 19.7 Å². The number of hydrogen-bond donors (Lipinski definition) is 6. The number of aliphatic hydroxyl groups excluding tert-OH is 3. The monoisotopic (exact) mass is 663 g/mol. The quantitative estimate of drug-likeness (QED) is 0.102. The summed E-state index contributed by atoms with van der Waals surface area (Å²) in [6, 6.07) is 5.81. The third-order valence-electron chi connectivity index (χ3n) is 7.56. The molecule has 0 spiro atoms. The fourth-order valence-electron chi connectivity index (χ4n) is 5.18. The van der Waals surface area contributed by atoms with Crippen molar-refractivity contribution in [1.29, 1.82) is 0 Å². The zero-order valence-corrected chi connectivity index (χ0v) is 27.8. The summed E-state index contributed by atoms with van der Waals surface area (Å²) < 4.78 is 18.4. The molecule has 0 aliphatic carbocycles. The van der Waals surface area contributed by atoms with Gasteiger partial charge >= 0.3 is 11.7 Å². The number of carbonyl (C=O) groups is 2. The molecule has 3 rings (SSSR count). The van der Waals surface area contributed by atoms with Crippen LogP contribution in [0.4, 0.5) is 0 Å². The van der Waals surface area contributed by atoms with Crippen LogP contribution in [0.2, 0.25) is 0 Å². The van der Waals surface area contributed by atoms with Crippen LogP contribution in [-0.4, -0.2) is 98.6 Å². The fourth-order valence-corrected chi connectivity index (χ4v) is 5.18. The van der Waals surface area contributed by atoms with Crippen molar-refractivity contribution in [2.75, 3.05) is 20.2 Å². The van der Waals surface area contributed by atoms with E-state index in [9.17, 15) is 34.5 Å². The molecule has 2 heterocycles. The first-order valence-corrected chi connectivity index (χ1v) is 15.7. The molecule has 7 atom stereocenters. The van der Waals surface area contributed by atoms with Crippen LogP contribution < -0.4 is 32.4 Å². The van der Waals surface area contributed by atoms with E-state index in [0.717, 1.165) is 21.4 Å². The Hall–Kier alpha value is -3.60. The Balaban J connectivity index is 1.76. The molecule has 1 fully saturated rings. The number of aromatic nitrogens is 2. The molecule has 0 radical (unpaired) electrons. The largest absolute Gasteiger partial charge is 0.497 e. The number of ether oxygens (including phenoxy) is 3. The highest BCUT2D eigenvalue weighted by molar-refractivity contribution is 5.81. The number of benzene rings is 1. The van der Waals surface area contributed by atoms with Gasteiger partial charge in [0.2, 0.25) is 5.91 Å². The smallest absolute Gasteiger partial charge is 0.333 e. The Bertz CT molecular complexity index is 1450. The molecule has 15 heteroatoms. The molecule has 2 aromatic rings. The first-order valence-electron chi connectivity index (χ1n) is 15.7. The van der Waals surface area contributed by atoms with E-state index in [4.69, 9.17) is 19.9 Å². The van der Waals surface area contributed by atoms with E-state index in [-0.39, 0.29) is 31.5 Å². The van der Waals surface area contributed by atoms with Crippen LogP contribution >= 0.6 is 0 Å². The van der Waals surface area contributed by atoms with Gasteiger partial charge < -0.3 is 45.9 Å². The molecule has 1 aliphatic rings. The van der Waals surface area contributed by atoms with E-state index in [1.165, 1.54) is 7.11 Å². The van der Waals surface area contributed by atoms with E-state index >= 15 is 0 Å². The van der Waals surface area contributed by atoms with E-state index in [1.54, 1.807) is 45.0 Å². The number of rotatable bonds is 15. The Morgan fingerprint density at radius 1 is 1.06 bits per heavy atom. The maximum atomic E-state index is 13.4. The average Bonchev–Trinajstić information content (AvgIpc) is 3.29. The number of nitrogens with zero attached hydrogens (tertiary/aromatic N) is 2. The summed E-state index contributed by atoms with van der Waals surface area (Å²) in [5.41, 5.74) is 4.21. The normalized spacial score (nSPS) is 21.7. The molecule has 47 heavy (non-hydrogen) atoms. The predicted octanol–water partition coefficient (Wildman–Crippen LogP) is -0.773. The van der Waals surface area contributed by atoms with Crippen LogP contribution in [0.5, 0.6) is 5.75 Å². The number of nitrogens with two attached hydrogens (primary N) is 1. The number of nitrogens with one attached hydrogen (secondary N) is 2. The number of methoxy groups -OCH3 is 1. The van der Waals surface area contributed by atoms with Crippen molar-refractivity contribution < 1.29 is 39.1 Å². The van der Waals surface area contributed by atoms with Crippen LogP contribution in [0.1, 0.15) is 59.3 Å². The van der Waals surface area contributed by atoms with Crippen LogP contribution in [-0.2, 0) is 25.6 Å². The first-order chi connectivity index (χ1) is 22.0. The molecule has 1 aromatic carbocycles. The minimum atomic E-state index is -1.74. The van der Waals surface area contributed by atoms with Gasteiger partial charge in [-0.05, 0) is 63.8 Å². The van der Waals surface area contributed by atoms with Gasteiger partial charge in [-0.15, -0.1) is 0 Å². The minimum absolute atomic E-state index is 0.0886. The summed E-state index contributed by atoms with van der Waals surface area (Å²) in [4.78, 5) is 51.5. The highest BCUT2D eigenvalue weighted by Gasteiger charge is 2.50. The molecular weight excluding hydrogens is 614 g/mol. The highest BCUT2D eigenvalue weighted by Crippen LogP contribution is 2.31. The average molecular weight is 664 g/mol. The topological polar surface area (TPSA) is 217 Å². The molecule has 262 valence electrons. The number of esters is 1. The molecule has 7 N–H and O–H groups in total. The maximum Gasteiger partial charge on any atom is 0.333 e. The lowest BCUT2D eigenvalue weighted by atomic mass is 9.99. The van der Waals surface area contributed by atoms with E-state index < -0.39 is 65.5 Å². The summed E-state index contributed by atoms with van der Waals surface area (Å²) in [5.74, 6) is -0.285. The van der Waals surface area contributed by atoms with Crippen molar-refractivity contribution in [2.24, 2.45) is 11.7 Å². The van der Waals surface area contributed by atoms with Gasteiger partial charge in [0.1, 0.15) is 41.8 Å². The molecule has 1 amide bonds. The van der Waals surface area contributed by atoms with Gasteiger partial charge in [0, 0.05) is 18.8 Å². The van der Waals surface area contributed by atoms with Gasteiger partial charge in [0.25, 0.3) is 5.56 Å². The van der Waals surface area contributed by atoms with Gasteiger partial charge in [-0.3, -0.25) is 23.5 Å². The number of aliphatic hydroxyl groups is 3. The van der Waals surface area contributed by atoms with Crippen molar-refractivity contribution in [3.05, 3.63) is 62.9 Å². The Morgan fingerprint density at radius 3 is 2.32 bits per heavy atom. The van der Waals surface area contributed by atoms with Crippen LogP contribution in [0.3, 0.4) is 0 Å². The Kier molecular flexibility index (Phi) is 13.3. The van der Waals surface area contributed by atoms with Gasteiger partial charge in [-0.25, -0.2) is 4.79 Å². The minimum Gasteiger partial charge on any atom is -0.497 e. The van der Waals surface area contributed by atoms with Crippen molar-refractivity contribution in [1.82, 2.24) is 19.8 Å². The zero-order valence-electron chi connectivity index (χ0n) is 27.8. The fraction of sp³-hybridized carbons (Fsp3) is 0.625. The molecular formula is C32H49N5O10. The van der Waals surface area contributed by atoms with Crippen molar-refractivity contribution >= 4 is 11.9 Å². The van der Waals surface area contributed by atoms with Crippen molar-refractivity contribution in [3.8, 4) is 5.75 Å². The van der Waals surface area contributed by atoms with E-state index in [2.05, 4.69) is 10.6 Å².